The van der Waals surface area contributed by atoms with Gasteiger partial charge in [0.25, 0.3) is 0 Å². The molecule has 0 aromatic heterocycles. The number of hydrogen-bond acceptors (Lipinski definition) is 1. The summed E-state index contributed by atoms with van der Waals surface area (Å²) in [5, 5.41) is 0. The van der Waals surface area contributed by atoms with Crippen molar-refractivity contribution in [3.05, 3.63) is 77.6 Å². The van der Waals surface area contributed by atoms with Crippen LogP contribution in [0.25, 0.3) is 5.76 Å². The molecule has 0 fully saturated rings. The Morgan fingerprint density at radius 1 is 0.889 bits per heavy atom. The summed E-state index contributed by atoms with van der Waals surface area (Å²) in [4.78, 5) is 0. The molecule has 1 radical (unpaired) electrons. The van der Waals surface area contributed by atoms with Crippen LogP contribution < -0.4 is 0 Å². The van der Waals surface area contributed by atoms with Crippen LogP contribution in [0.5, 0.6) is 0 Å². The Bertz CT molecular complexity index is 632. The van der Waals surface area contributed by atoms with Gasteiger partial charge in [-0.15, -0.1) is 0 Å². The molecule has 0 saturated heterocycles. The second kappa shape index (κ2) is 5.06. The van der Waals surface area contributed by atoms with E-state index in [1.54, 1.807) is 6.07 Å². The molecule has 89 valence electrons. The molecular formula is C15H10FOTe. The zero-order chi connectivity index (χ0) is 12.4. The van der Waals surface area contributed by atoms with Gasteiger partial charge in [0.2, 0.25) is 0 Å². The molecule has 0 spiro atoms. The average molecular weight is 353 g/mol. The maximum atomic E-state index is 13.2. The number of benzene rings is 2. The first-order valence-electron chi connectivity index (χ1n) is 5.57. The summed E-state index contributed by atoms with van der Waals surface area (Å²) in [5.74, 6) is 0.557. The summed E-state index contributed by atoms with van der Waals surface area (Å²) < 4.78 is 20.2. The quantitative estimate of drug-likeness (QED) is 0.755. The van der Waals surface area contributed by atoms with Crippen LogP contribution in [-0.4, -0.2) is 24.4 Å². The van der Waals surface area contributed by atoms with E-state index in [1.165, 1.54) is 21.2 Å². The topological polar surface area (TPSA) is 9.23 Å². The van der Waals surface area contributed by atoms with Gasteiger partial charge in [-0.1, -0.05) is 0 Å². The fourth-order valence-electron chi connectivity index (χ4n) is 1.76. The number of allylic oxidation sites excluding steroid dienone is 1. The zero-order valence-electron chi connectivity index (χ0n) is 9.47. The van der Waals surface area contributed by atoms with Crippen LogP contribution in [0.2, 0.25) is 0 Å². The molecule has 0 aliphatic carbocycles. The van der Waals surface area contributed by atoms with E-state index in [0.29, 0.717) is 0 Å². The number of hydrogen-bond donors (Lipinski definition) is 0. The van der Waals surface area contributed by atoms with E-state index in [0.717, 1.165) is 11.3 Å². The molecular weight excluding hydrogens is 343 g/mol. The van der Waals surface area contributed by atoms with Crippen molar-refractivity contribution in [2.24, 2.45) is 0 Å². The van der Waals surface area contributed by atoms with Gasteiger partial charge in [-0.05, 0) is 0 Å². The summed E-state index contributed by atoms with van der Waals surface area (Å²) in [6, 6.07) is 16.7. The molecule has 0 N–H and O–H groups in total. The average Bonchev–Trinajstić information content (AvgIpc) is 2.89. The molecule has 0 bridgehead atoms. The first-order valence-corrected chi connectivity index (χ1v) is 7.69. The van der Waals surface area contributed by atoms with Gasteiger partial charge in [0, 0.05) is 0 Å². The van der Waals surface area contributed by atoms with Gasteiger partial charge in [-0.3, -0.25) is 0 Å². The van der Waals surface area contributed by atoms with E-state index in [1.807, 2.05) is 30.3 Å². The summed E-state index contributed by atoms with van der Waals surface area (Å²) >= 11 is -0.661. The second-order valence-corrected chi connectivity index (χ2v) is 6.12. The molecule has 1 nitrogen and oxygen atoms in total. The number of rotatable bonds is 2. The van der Waals surface area contributed by atoms with Gasteiger partial charge >= 0.3 is 115 Å². The second-order valence-electron chi connectivity index (χ2n) is 3.92. The predicted octanol–water partition coefficient (Wildman–Crippen LogP) is 3.04. The van der Waals surface area contributed by atoms with Crippen molar-refractivity contribution < 1.29 is 7.49 Å². The third-order valence-corrected chi connectivity index (χ3v) is 4.92. The summed E-state index contributed by atoms with van der Waals surface area (Å²) in [5.41, 5.74) is 2.01. The monoisotopic (exact) mass is 355 g/mol. The molecule has 0 unspecified atom stereocenters. The van der Waals surface area contributed by atoms with Gasteiger partial charge in [-0.25, -0.2) is 0 Å². The van der Waals surface area contributed by atoms with E-state index >= 15 is 0 Å². The van der Waals surface area contributed by atoms with E-state index in [-0.39, 0.29) is 5.82 Å². The molecule has 1 aliphatic heterocycles. The van der Waals surface area contributed by atoms with Gasteiger partial charge < -0.3 is 0 Å². The SMILES string of the molecule is Fc1cccc(C2=CC(c3ccccc3)=[Te]O2)c1. The minimum absolute atomic E-state index is 0.231. The first kappa shape index (κ1) is 11.6. The maximum absolute atomic E-state index is 13.2. The molecule has 0 atom stereocenters. The third-order valence-electron chi connectivity index (χ3n) is 2.65. The Balaban J connectivity index is 1.91. The van der Waals surface area contributed by atoms with E-state index < -0.39 is 20.9 Å². The Hall–Kier alpha value is -1.43. The van der Waals surface area contributed by atoms with Gasteiger partial charge in [0.15, 0.2) is 0 Å². The van der Waals surface area contributed by atoms with Crippen molar-refractivity contribution in [2.75, 3.05) is 0 Å². The molecule has 2 aromatic carbocycles. The third kappa shape index (κ3) is 2.38. The predicted molar refractivity (Wildman–Crippen MR) is 71.8 cm³/mol. The Labute approximate surface area is 115 Å². The van der Waals surface area contributed by atoms with Crippen LogP contribution in [0.1, 0.15) is 11.1 Å². The molecule has 1 aliphatic rings. The Morgan fingerprint density at radius 2 is 1.67 bits per heavy atom. The Kier molecular flexibility index (Phi) is 3.27. The molecule has 2 aromatic rings. The normalized spacial score (nSPS) is 13.8. The molecule has 3 heteroatoms. The fraction of sp³-hybridized carbons (Fsp3) is 0. The summed E-state index contributed by atoms with van der Waals surface area (Å²) in [6.07, 6.45) is 2.03. The van der Waals surface area contributed by atoms with Crippen LogP contribution in [0.15, 0.2) is 60.7 Å². The van der Waals surface area contributed by atoms with Crippen LogP contribution in [0.4, 0.5) is 4.39 Å². The molecule has 1 heterocycles. The van der Waals surface area contributed by atoms with E-state index in [2.05, 4.69) is 12.1 Å². The number of halogens is 1. The van der Waals surface area contributed by atoms with Crippen molar-refractivity contribution in [3.63, 3.8) is 0 Å². The van der Waals surface area contributed by atoms with E-state index in [9.17, 15) is 4.39 Å². The van der Waals surface area contributed by atoms with Crippen LogP contribution >= 0.6 is 0 Å². The van der Waals surface area contributed by atoms with Crippen LogP contribution in [-0.2, 0) is 3.10 Å². The minimum atomic E-state index is -0.661. The van der Waals surface area contributed by atoms with Gasteiger partial charge in [0.05, 0.1) is 0 Å². The zero-order valence-corrected chi connectivity index (χ0v) is 11.8. The van der Waals surface area contributed by atoms with Crippen LogP contribution in [0, 0.1) is 5.82 Å². The van der Waals surface area contributed by atoms with Gasteiger partial charge in [0.1, 0.15) is 0 Å². The van der Waals surface area contributed by atoms with E-state index in [4.69, 9.17) is 3.10 Å². The summed E-state index contributed by atoms with van der Waals surface area (Å²) in [7, 11) is 0. The summed E-state index contributed by atoms with van der Waals surface area (Å²) in [6.45, 7) is 0. The van der Waals surface area contributed by atoms with Crippen molar-refractivity contribution in [1.82, 2.24) is 0 Å². The van der Waals surface area contributed by atoms with Crippen molar-refractivity contribution >= 4 is 30.2 Å². The van der Waals surface area contributed by atoms with Crippen molar-refractivity contribution in [2.45, 2.75) is 0 Å². The molecule has 0 saturated carbocycles. The Morgan fingerprint density at radius 3 is 2.44 bits per heavy atom. The van der Waals surface area contributed by atoms with Crippen LogP contribution in [0.3, 0.4) is 0 Å². The van der Waals surface area contributed by atoms with Crippen molar-refractivity contribution in [1.29, 1.82) is 0 Å². The van der Waals surface area contributed by atoms with Gasteiger partial charge in [-0.2, -0.15) is 0 Å². The fourth-order valence-corrected chi connectivity index (χ4v) is 3.79. The molecule has 18 heavy (non-hydrogen) atoms. The molecule has 0 amide bonds. The van der Waals surface area contributed by atoms with Crippen molar-refractivity contribution in [3.8, 4) is 0 Å². The first-order chi connectivity index (χ1) is 8.83. The standard InChI is InChI=1S/C15H10FOTe/c16-13-8-4-7-12(9-13)14-10-15(18-17-14)11-5-2-1-3-6-11/h1-10H. The molecule has 3 rings (SSSR count).